The molecule has 1 aromatic carbocycles. The van der Waals surface area contributed by atoms with Gasteiger partial charge in [-0.3, -0.25) is 4.18 Å². The summed E-state index contributed by atoms with van der Waals surface area (Å²) in [7, 11) is -2.07. The molecule has 5 nitrogen and oxygen atoms in total. The van der Waals surface area contributed by atoms with Crippen molar-refractivity contribution in [2.75, 3.05) is 20.0 Å². The zero-order valence-corrected chi connectivity index (χ0v) is 9.90. The maximum Gasteiger partial charge on any atom is 0.264 e. The monoisotopic (exact) mass is 246 g/mol. The molecule has 0 saturated heterocycles. The number of aliphatic hydroxyl groups is 1. The zero-order valence-electron chi connectivity index (χ0n) is 9.08. The van der Waals surface area contributed by atoms with E-state index >= 15 is 0 Å². The fraction of sp³-hybridized carbons (Fsp3) is 0.400. The van der Waals surface area contributed by atoms with E-state index in [9.17, 15) is 13.5 Å². The lowest BCUT2D eigenvalue weighted by Crippen LogP contribution is -2.12. The molecule has 0 fully saturated rings. The Bertz CT molecular complexity index is 440. The van der Waals surface area contributed by atoms with Gasteiger partial charge in [0.1, 0.15) is 11.9 Å². The third-order valence-corrected chi connectivity index (χ3v) is 2.50. The van der Waals surface area contributed by atoms with E-state index in [4.69, 9.17) is 4.74 Å². The molecule has 6 heteroatoms. The number of benzene rings is 1. The molecule has 0 radical (unpaired) electrons. The third kappa shape index (κ3) is 3.80. The van der Waals surface area contributed by atoms with Crippen molar-refractivity contribution >= 4 is 10.1 Å². The highest BCUT2D eigenvalue weighted by molar-refractivity contribution is 7.85. The average Bonchev–Trinajstić information content (AvgIpc) is 2.25. The van der Waals surface area contributed by atoms with Gasteiger partial charge in [0.05, 0.1) is 20.0 Å². The van der Waals surface area contributed by atoms with Gasteiger partial charge in [0.25, 0.3) is 10.1 Å². The lowest BCUT2D eigenvalue weighted by molar-refractivity contribution is 0.109. The first-order valence-corrected chi connectivity index (χ1v) is 6.41. The molecule has 0 aliphatic heterocycles. The fourth-order valence-corrected chi connectivity index (χ4v) is 1.60. The lowest BCUT2D eigenvalue weighted by atomic mass is 10.1. The highest BCUT2D eigenvalue weighted by Crippen LogP contribution is 2.24. The summed E-state index contributed by atoms with van der Waals surface area (Å²) in [4.78, 5) is 0. The minimum atomic E-state index is -3.55. The van der Waals surface area contributed by atoms with Gasteiger partial charge in [0.2, 0.25) is 0 Å². The Kier molecular flexibility index (Phi) is 4.28. The van der Waals surface area contributed by atoms with Crippen molar-refractivity contribution in [3.63, 3.8) is 0 Å². The topological polar surface area (TPSA) is 72.8 Å². The van der Waals surface area contributed by atoms with Gasteiger partial charge in [-0.15, -0.1) is 0 Å². The van der Waals surface area contributed by atoms with E-state index in [1.165, 1.54) is 7.11 Å². The van der Waals surface area contributed by atoms with Gasteiger partial charge in [0, 0.05) is 5.56 Å². The molecule has 0 bridgehead atoms. The second-order valence-corrected chi connectivity index (χ2v) is 4.89. The Morgan fingerprint density at radius 3 is 2.56 bits per heavy atom. The van der Waals surface area contributed by atoms with Crippen molar-refractivity contribution in [1.29, 1.82) is 0 Å². The molecule has 0 unspecified atom stereocenters. The first kappa shape index (κ1) is 13.0. The van der Waals surface area contributed by atoms with E-state index in [1.807, 2.05) is 0 Å². The Balaban J connectivity index is 2.76. The van der Waals surface area contributed by atoms with Crippen LogP contribution in [-0.2, 0) is 14.3 Å². The maximum absolute atomic E-state index is 10.8. The molecule has 0 amide bonds. The van der Waals surface area contributed by atoms with Crippen LogP contribution in [0.4, 0.5) is 0 Å². The number of rotatable bonds is 5. The molecule has 0 heterocycles. The average molecular weight is 246 g/mol. The fourth-order valence-electron chi connectivity index (χ4n) is 1.22. The van der Waals surface area contributed by atoms with Gasteiger partial charge in [-0.25, -0.2) is 0 Å². The summed E-state index contributed by atoms with van der Waals surface area (Å²) in [6, 6.07) is 6.81. The molecule has 0 saturated carbocycles. The predicted octanol–water partition coefficient (Wildman–Crippen LogP) is 0.705. The number of para-hydroxylation sites is 1. The van der Waals surface area contributed by atoms with Gasteiger partial charge in [-0.1, -0.05) is 18.2 Å². The summed E-state index contributed by atoms with van der Waals surface area (Å²) in [5, 5.41) is 9.73. The molecule has 90 valence electrons. The van der Waals surface area contributed by atoms with E-state index in [2.05, 4.69) is 4.18 Å². The Morgan fingerprint density at radius 1 is 1.38 bits per heavy atom. The van der Waals surface area contributed by atoms with E-state index < -0.39 is 16.2 Å². The molecule has 1 N–H and O–H groups in total. The normalized spacial score (nSPS) is 13.4. The summed E-state index contributed by atoms with van der Waals surface area (Å²) < 4.78 is 31.1. The van der Waals surface area contributed by atoms with Gasteiger partial charge >= 0.3 is 0 Å². The first-order valence-electron chi connectivity index (χ1n) is 4.59. The number of hydrogen-bond donors (Lipinski definition) is 1. The Labute approximate surface area is 94.7 Å². The molecular formula is C10H14O5S. The van der Waals surface area contributed by atoms with Crippen LogP contribution in [0.1, 0.15) is 11.7 Å². The smallest absolute Gasteiger partial charge is 0.264 e. The van der Waals surface area contributed by atoms with Crippen molar-refractivity contribution in [2.24, 2.45) is 0 Å². The Morgan fingerprint density at radius 2 is 2.00 bits per heavy atom. The van der Waals surface area contributed by atoms with E-state index in [1.54, 1.807) is 24.3 Å². The van der Waals surface area contributed by atoms with E-state index in [0.29, 0.717) is 11.3 Å². The molecule has 0 spiro atoms. The molecule has 1 aromatic rings. The van der Waals surface area contributed by atoms with Crippen LogP contribution < -0.4 is 4.74 Å². The largest absolute Gasteiger partial charge is 0.496 e. The summed E-state index contributed by atoms with van der Waals surface area (Å²) in [6.45, 7) is -0.320. The summed E-state index contributed by atoms with van der Waals surface area (Å²) in [5.41, 5.74) is 0.494. The first-order chi connectivity index (χ1) is 7.44. The molecule has 0 aliphatic carbocycles. The van der Waals surface area contributed by atoms with Crippen LogP contribution in [-0.4, -0.2) is 33.5 Å². The SMILES string of the molecule is COc1ccccc1[C@@H](O)COS(C)(=O)=O. The Hall–Kier alpha value is -1.11. The lowest BCUT2D eigenvalue weighted by Gasteiger charge is -2.13. The third-order valence-electron chi connectivity index (χ3n) is 1.94. The summed E-state index contributed by atoms with van der Waals surface area (Å²) >= 11 is 0. The predicted molar refractivity (Wildman–Crippen MR) is 58.7 cm³/mol. The molecule has 1 atom stereocenters. The van der Waals surface area contributed by atoms with Crippen molar-refractivity contribution in [3.8, 4) is 5.75 Å². The van der Waals surface area contributed by atoms with Crippen molar-refractivity contribution in [3.05, 3.63) is 29.8 Å². The molecule has 16 heavy (non-hydrogen) atoms. The minimum Gasteiger partial charge on any atom is -0.496 e. The standard InChI is InChI=1S/C10H14O5S/c1-14-10-6-4-3-5-8(10)9(11)7-15-16(2,12)13/h3-6,9,11H,7H2,1-2H3/t9-/m0/s1. The van der Waals surface area contributed by atoms with Crippen LogP contribution in [0.5, 0.6) is 5.75 Å². The van der Waals surface area contributed by atoms with Crippen LogP contribution in [0.2, 0.25) is 0 Å². The van der Waals surface area contributed by atoms with E-state index in [0.717, 1.165) is 6.26 Å². The summed E-state index contributed by atoms with van der Waals surface area (Å²) in [6.07, 6.45) is -0.104. The van der Waals surface area contributed by atoms with Gasteiger partial charge < -0.3 is 9.84 Å². The second-order valence-electron chi connectivity index (χ2n) is 3.25. The second kappa shape index (κ2) is 5.29. The van der Waals surface area contributed by atoms with Crippen LogP contribution >= 0.6 is 0 Å². The van der Waals surface area contributed by atoms with Crippen LogP contribution in [0, 0.1) is 0 Å². The highest BCUT2D eigenvalue weighted by atomic mass is 32.2. The van der Waals surface area contributed by atoms with Crippen molar-refractivity contribution < 1.29 is 22.4 Å². The number of aliphatic hydroxyl groups excluding tert-OH is 1. The van der Waals surface area contributed by atoms with Crippen molar-refractivity contribution in [1.82, 2.24) is 0 Å². The molecule has 0 aromatic heterocycles. The highest BCUT2D eigenvalue weighted by Gasteiger charge is 2.15. The van der Waals surface area contributed by atoms with Crippen LogP contribution in [0.3, 0.4) is 0 Å². The number of ether oxygens (including phenoxy) is 1. The van der Waals surface area contributed by atoms with Crippen molar-refractivity contribution in [2.45, 2.75) is 6.10 Å². The van der Waals surface area contributed by atoms with Gasteiger partial charge in [-0.2, -0.15) is 8.42 Å². The zero-order chi connectivity index (χ0) is 12.2. The molecule has 1 rings (SSSR count). The quantitative estimate of drug-likeness (QED) is 0.774. The molecule has 0 aliphatic rings. The van der Waals surface area contributed by atoms with Crippen LogP contribution in [0.25, 0.3) is 0 Å². The minimum absolute atomic E-state index is 0.320. The van der Waals surface area contributed by atoms with Gasteiger partial charge in [-0.05, 0) is 6.07 Å². The maximum atomic E-state index is 10.8. The number of methoxy groups -OCH3 is 1. The number of hydrogen-bond acceptors (Lipinski definition) is 5. The van der Waals surface area contributed by atoms with Crippen LogP contribution in [0.15, 0.2) is 24.3 Å². The van der Waals surface area contributed by atoms with E-state index in [-0.39, 0.29) is 6.61 Å². The molecular weight excluding hydrogens is 232 g/mol. The van der Waals surface area contributed by atoms with Gasteiger partial charge in [0.15, 0.2) is 0 Å². The summed E-state index contributed by atoms with van der Waals surface area (Å²) in [5.74, 6) is 0.493.